The number of nitrogens with one attached hydrogen (secondary N) is 1. The van der Waals surface area contributed by atoms with Gasteiger partial charge in [0, 0.05) is 24.0 Å². The molecule has 11 heteroatoms. The molecular formula is C19H12ClF2N5O2S. The zero-order valence-electron chi connectivity index (χ0n) is 15.0. The highest BCUT2D eigenvalue weighted by molar-refractivity contribution is 7.92. The van der Waals surface area contributed by atoms with Crippen molar-refractivity contribution in [1.82, 2.24) is 15.0 Å². The molecule has 2 heterocycles. The SMILES string of the molecule is Nc1ncc2cc(-c3c(F)ccc(NS(=O)(=O)c4cncc(Cl)c4)c3F)ccc2n1. The van der Waals surface area contributed by atoms with Gasteiger partial charge in [0.05, 0.1) is 21.8 Å². The first kappa shape index (κ1) is 19.9. The number of aromatic nitrogens is 3. The van der Waals surface area contributed by atoms with Crippen molar-refractivity contribution in [3.63, 3.8) is 0 Å². The Balaban J connectivity index is 1.78. The summed E-state index contributed by atoms with van der Waals surface area (Å²) in [5.74, 6) is -1.88. The molecule has 0 fully saturated rings. The van der Waals surface area contributed by atoms with Crippen LogP contribution in [0.2, 0.25) is 5.02 Å². The van der Waals surface area contributed by atoms with E-state index in [-0.39, 0.29) is 21.4 Å². The van der Waals surface area contributed by atoms with Gasteiger partial charge in [0.1, 0.15) is 10.7 Å². The number of halogens is 3. The maximum atomic E-state index is 15.1. The van der Waals surface area contributed by atoms with Gasteiger partial charge in [0.25, 0.3) is 10.0 Å². The van der Waals surface area contributed by atoms with Crippen molar-refractivity contribution in [3.05, 3.63) is 71.6 Å². The summed E-state index contributed by atoms with van der Waals surface area (Å²) in [5.41, 5.74) is 5.38. The van der Waals surface area contributed by atoms with Gasteiger partial charge in [-0.05, 0) is 35.9 Å². The quantitative estimate of drug-likeness (QED) is 0.489. The molecule has 7 nitrogen and oxygen atoms in total. The zero-order chi connectivity index (χ0) is 21.5. The molecule has 0 aliphatic heterocycles. The summed E-state index contributed by atoms with van der Waals surface area (Å²) in [6.45, 7) is 0. The number of benzene rings is 2. The first-order chi connectivity index (χ1) is 14.2. The fourth-order valence-corrected chi connectivity index (χ4v) is 4.13. The molecule has 2 aromatic heterocycles. The number of sulfonamides is 1. The maximum absolute atomic E-state index is 15.1. The third kappa shape index (κ3) is 3.74. The van der Waals surface area contributed by atoms with E-state index in [4.69, 9.17) is 17.3 Å². The van der Waals surface area contributed by atoms with Crippen LogP contribution in [0.15, 0.2) is 59.9 Å². The lowest BCUT2D eigenvalue weighted by atomic mass is 10.0. The summed E-state index contributed by atoms with van der Waals surface area (Å²) in [6.07, 6.45) is 3.75. The van der Waals surface area contributed by atoms with E-state index < -0.39 is 32.9 Å². The van der Waals surface area contributed by atoms with Crippen LogP contribution >= 0.6 is 11.6 Å². The number of hydrogen-bond donors (Lipinski definition) is 2. The second-order valence-corrected chi connectivity index (χ2v) is 8.35. The lowest BCUT2D eigenvalue weighted by molar-refractivity contribution is 0.587. The fourth-order valence-electron chi connectivity index (χ4n) is 2.84. The third-order valence-corrected chi connectivity index (χ3v) is 5.75. The molecule has 30 heavy (non-hydrogen) atoms. The minimum absolute atomic E-state index is 0.0690. The molecule has 4 aromatic rings. The van der Waals surface area contributed by atoms with E-state index in [2.05, 4.69) is 19.7 Å². The summed E-state index contributed by atoms with van der Waals surface area (Å²) >= 11 is 5.77. The lowest BCUT2D eigenvalue weighted by Crippen LogP contribution is -2.15. The summed E-state index contributed by atoms with van der Waals surface area (Å²) in [4.78, 5) is 11.3. The van der Waals surface area contributed by atoms with E-state index in [1.165, 1.54) is 30.6 Å². The number of hydrogen-bond acceptors (Lipinski definition) is 6. The highest BCUT2D eigenvalue weighted by Gasteiger charge is 2.21. The van der Waals surface area contributed by atoms with Gasteiger partial charge < -0.3 is 5.73 Å². The van der Waals surface area contributed by atoms with E-state index >= 15 is 4.39 Å². The third-order valence-electron chi connectivity index (χ3n) is 4.21. The van der Waals surface area contributed by atoms with Crippen LogP contribution in [-0.2, 0) is 10.0 Å². The van der Waals surface area contributed by atoms with Gasteiger partial charge in [-0.2, -0.15) is 0 Å². The minimum atomic E-state index is -4.20. The number of nitrogens with zero attached hydrogens (tertiary/aromatic N) is 3. The molecule has 0 saturated carbocycles. The van der Waals surface area contributed by atoms with E-state index in [0.29, 0.717) is 10.9 Å². The van der Waals surface area contributed by atoms with Crippen molar-refractivity contribution >= 4 is 44.2 Å². The first-order valence-corrected chi connectivity index (χ1v) is 10.2. The van der Waals surface area contributed by atoms with E-state index in [1.54, 1.807) is 0 Å². The molecule has 152 valence electrons. The molecular weight excluding hydrogens is 436 g/mol. The smallest absolute Gasteiger partial charge is 0.263 e. The molecule has 4 rings (SSSR count). The standard InChI is InChI=1S/C19H12ClF2N5O2S/c20-12-6-13(9-24-8-12)30(28,29)27-16-4-2-14(21)17(18(16)22)10-1-3-15-11(5-10)7-25-19(23)26-15/h1-9,27H,(H2,23,25,26). The zero-order valence-corrected chi connectivity index (χ0v) is 16.5. The molecule has 2 aromatic carbocycles. The Morgan fingerprint density at radius 3 is 2.60 bits per heavy atom. The Labute approximate surface area is 174 Å². The average Bonchev–Trinajstić information content (AvgIpc) is 2.70. The van der Waals surface area contributed by atoms with Gasteiger partial charge >= 0.3 is 0 Å². The van der Waals surface area contributed by atoms with E-state index in [0.717, 1.165) is 24.4 Å². The van der Waals surface area contributed by atoms with Crippen LogP contribution < -0.4 is 10.5 Å². The molecule has 0 saturated heterocycles. The molecule has 0 amide bonds. The Bertz CT molecular complexity index is 1400. The van der Waals surface area contributed by atoms with Crippen LogP contribution in [0.5, 0.6) is 0 Å². The van der Waals surface area contributed by atoms with Crippen molar-refractivity contribution in [2.45, 2.75) is 4.90 Å². The Kier molecular flexibility index (Phi) is 4.96. The number of rotatable bonds is 4. The van der Waals surface area contributed by atoms with Crippen molar-refractivity contribution in [3.8, 4) is 11.1 Å². The Morgan fingerprint density at radius 1 is 1.03 bits per heavy atom. The number of pyridine rings is 1. The second-order valence-electron chi connectivity index (χ2n) is 6.23. The normalized spacial score (nSPS) is 11.6. The summed E-state index contributed by atoms with van der Waals surface area (Å²) < 4.78 is 56.8. The van der Waals surface area contributed by atoms with Crippen molar-refractivity contribution < 1.29 is 17.2 Å². The van der Waals surface area contributed by atoms with Crippen LogP contribution in [0.4, 0.5) is 20.4 Å². The molecule has 0 unspecified atom stereocenters. The van der Waals surface area contributed by atoms with Gasteiger partial charge in [-0.1, -0.05) is 17.7 Å². The molecule has 0 aliphatic rings. The van der Waals surface area contributed by atoms with Crippen molar-refractivity contribution in [2.75, 3.05) is 10.5 Å². The molecule has 0 aliphatic carbocycles. The van der Waals surface area contributed by atoms with Crippen LogP contribution in [0.25, 0.3) is 22.0 Å². The summed E-state index contributed by atoms with van der Waals surface area (Å²) in [6, 6.07) is 7.60. The summed E-state index contributed by atoms with van der Waals surface area (Å²) in [5, 5.41) is 0.605. The summed E-state index contributed by atoms with van der Waals surface area (Å²) in [7, 11) is -4.20. The highest BCUT2D eigenvalue weighted by Crippen LogP contribution is 2.33. The van der Waals surface area contributed by atoms with Crippen LogP contribution in [0, 0.1) is 11.6 Å². The van der Waals surface area contributed by atoms with Gasteiger partial charge in [-0.15, -0.1) is 0 Å². The molecule has 0 bridgehead atoms. The molecule has 3 N–H and O–H groups in total. The van der Waals surface area contributed by atoms with Crippen molar-refractivity contribution in [1.29, 1.82) is 0 Å². The van der Waals surface area contributed by atoms with Crippen LogP contribution in [0.1, 0.15) is 0 Å². The highest BCUT2D eigenvalue weighted by atomic mass is 35.5. The van der Waals surface area contributed by atoms with E-state index in [1.807, 2.05) is 0 Å². The lowest BCUT2D eigenvalue weighted by Gasteiger charge is -2.13. The number of nitrogens with two attached hydrogens (primary N) is 1. The van der Waals surface area contributed by atoms with Gasteiger partial charge in [0.15, 0.2) is 5.82 Å². The van der Waals surface area contributed by atoms with Gasteiger partial charge in [-0.25, -0.2) is 27.2 Å². The van der Waals surface area contributed by atoms with E-state index in [9.17, 15) is 12.8 Å². The number of nitrogen functional groups attached to an aromatic ring is 1. The maximum Gasteiger partial charge on any atom is 0.263 e. The molecule has 0 atom stereocenters. The predicted octanol–water partition coefficient (Wildman–Crippen LogP) is 4.01. The van der Waals surface area contributed by atoms with Gasteiger partial charge in [0.2, 0.25) is 5.95 Å². The second kappa shape index (κ2) is 7.47. The Hall–Kier alpha value is -3.37. The topological polar surface area (TPSA) is 111 Å². The average molecular weight is 448 g/mol. The molecule has 0 radical (unpaired) electrons. The molecule has 0 spiro atoms. The predicted molar refractivity (Wildman–Crippen MR) is 109 cm³/mol. The fraction of sp³-hybridized carbons (Fsp3) is 0. The first-order valence-electron chi connectivity index (χ1n) is 8.38. The monoisotopic (exact) mass is 447 g/mol. The number of anilines is 2. The Morgan fingerprint density at radius 2 is 1.83 bits per heavy atom. The number of fused-ring (bicyclic) bond motifs is 1. The minimum Gasteiger partial charge on any atom is -0.368 e. The van der Waals surface area contributed by atoms with Crippen LogP contribution in [0.3, 0.4) is 0 Å². The van der Waals surface area contributed by atoms with Crippen LogP contribution in [-0.4, -0.2) is 23.4 Å². The van der Waals surface area contributed by atoms with Gasteiger partial charge in [-0.3, -0.25) is 9.71 Å². The largest absolute Gasteiger partial charge is 0.368 e. The van der Waals surface area contributed by atoms with Crippen molar-refractivity contribution in [2.24, 2.45) is 0 Å².